The van der Waals surface area contributed by atoms with Crippen molar-refractivity contribution < 1.29 is 14.3 Å². The molecule has 2 atom stereocenters. The fourth-order valence-electron chi connectivity index (χ4n) is 6.37. The summed E-state index contributed by atoms with van der Waals surface area (Å²) in [6, 6.07) is 15.9. The first kappa shape index (κ1) is 28.7. The quantitative estimate of drug-likeness (QED) is 0.282. The molecule has 1 N–H and O–H groups in total. The number of carbonyl (C=O) groups is 2. The van der Waals surface area contributed by atoms with Crippen molar-refractivity contribution in [2.24, 2.45) is 0 Å². The molecule has 0 aromatic heterocycles. The Bertz CT molecular complexity index is 1170. The highest BCUT2D eigenvalue weighted by molar-refractivity contribution is 6.30. The molecule has 1 heterocycles. The second-order valence-electron chi connectivity index (χ2n) is 11.6. The van der Waals surface area contributed by atoms with E-state index >= 15 is 0 Å². The molecule has 214 valence electrons. The number of morpholine rings is 1. The van der Waals surface area contributed by atoms with Gasteiger partial charge in [0.05, 0.1) is 6.04 Å². The second-order valence-corrected chi connectivity index (χ2v) is 12.0. The summed E-state index contributed by atoms with van der Waals surface area (Å²) >= 11 is 6.07. The summed E-state index contributed by atoms with van der Waals surface area (Å²) in [5, 5.41) is 3.74. The number of benzene rings is 2. The molecule has 0 spiro atoms. The maximum atomic E-state index is 13.6. The summed E-state index contributed by atoms with van der Waals surface area (Å²) in [6.45, 7) is 2.20. The lowest BCUT2D eigenvalue weighted by molar-refractivity contribution is -0.149. The zero-order valence-corrected chi connectivity index (χ0v) is 24.4. The smallest absolute Gasteiger partial charge is 0.289 e. The molecular weight excluding hydrogens is 522 g/mol. The number of nitrogens with one attached hydrogen (secondary N) is 1. The maximum absolute atomic E-state index is 13.6. The third-order valence-corrected chi connectivity index (χ3v) is 8.98. The summed E-state index contributed by atoms with van der Waals surface area (Å²) < 4.78 is 6.27. The standard InChI is InChI=1S/C33H42ClN3O3/c1-36(28-8-3-2-4-9-28)21-7-20-35-32(38)26-16-12-24(13-17-26)22-31-33(39)37(23-25-14-18-27(34)19-15-25)29-10-5-6-11-30(29)40-31/h12-19,22,28-30H,2-11,20-21,23H2,1H3,(H,35,38)/b31-22-. The third kappa shape index (κ3) is 7.27. The SMILES string of the molecule is CN(CCCNC(=O)c1ccc(/C=C2\OC3CCCCC3N(Cc3ccc(Cl)cc3)C2=O)cc1)C1CCCCC1. The summed E-state index contributed by atoms with van der Waals surface area (Å²) in [5.41, 5.74) is 2.52. The number of nitrogens with zero attached hydrogens (tertiary/aromatic N) is 2. The van der Waals surface area contributed by atoms with Crippen molar-refractivity contribution in [3.63, 3.8) is 0 Å². The van der Waals surface area contributed by atoms with Gasteiger partial charge in [-0.1, -0.05) is 61.5 Å². The number of carbonyl (C=O) groups excluding carboxylic acids is 2. The molecule has 2 aromatic rings. The number of rotatable bonds is 9. The Labute approximate surface area is 243 Å². The van der Waals surface area contributed by atoms with Crippen LogP contribution in [0.3, 0.4) is 0 Å². The van der Waals surface area contributed by atoms with Crippen molar-refractivity contribution in [2.45, 2.75) is 88.9 Å². The van der Waals surface area contributed by atoms with E-state index in [1.807, 2.05) is 59.5 Å². The number of ether oxygens (including phenoxy) is 1. The first-order valence-electron chi connectivity index (χ1n) is 15.0. The number of halogens is 1. The van der Waals surface area contributed by atoms with Crippen LogP contribution in [0.2, 0.25) is 5.02 Å². The van der Waals surface area contributed by atoms with Gasteiger partial charge in [0, 0.05) is 29.7 Å². The summed E-state index contributed by atoms with van der Waals surface area (Å²) in [7, 11) is 2.21. The Balaban J connectivity index is 1.18. The van der Waals surface area contributed by atoms with Gasteiger partial charge in [-0.3, -0.25) is 9.59 Å². The highest BCUT2D eigenvalue weighted by Gasteiger charge is 2.41. The fraction of sp³-hybridized carbons (Fsp3) is 0.515. The van der Waals surface area contributed by atoms with E-state index in [0.29, 0.717) is 35.5 Å². The van der Waals surface area contributed by atoms with Gasteiger partial charge < -0.3 is 19.9 Å². The molecule has 3 fully saturated rings. The summed E-state index contributed by atoms with van der Waals surface area (Å²) in [6.07, 6.45) is 13.5. The Morgan fingerprint density at radius 3 is 2.45 bits per heavy atom. The van der Waals surface area contributed by atoms with E-state index in [0.717, 1.165) is 49.8 Å². The lowest BCUT2D eigenvalue weighted by Crippen LogP contribution is -2.54. The van der Waals surface area contributed by atoms with Crippen LogP contribution in [0.4, 0.5) is 0 Å². The van der Waals surface area contributed by atoms with Crippen LogP contribution in [0.1, 0.15) is 85.7 Å². The molecule has 7 heteroatoms. The highest BCUT2D eigenvalue weighted by Crippen LogP contribution is 2.34. The van der Waals surface area contributed by atoms with Crippen molar-refractivity contribution in [3.8, 4) is 0 Å². The van der Waals surface area contributed by atoms with Gasteiger partial charge in [0.25, 0.3) is 11.8 Å². The predicted molar refractivity (Wildman–Crippen MR) is 160 cm³/mol. The Kier molecular flexibility index (Phi) is 9.82. The lowest BCUT2D eigenvalue weighted by Gasteiger charge is -2.44. The van der Waals surface area contributed by atoms with E-state index in [-0.39, 0.29) is 24.0 Å². The van der Waals surface area contributed by atoms with E-state index in [9.17, 15) is 9.59 Å². The van der Waals surface area contributed by atoms with Crippen molar-refractivity contribution in [1.29, 1.82) is 0 Å². The number of fused-ring (bicyclic) bond motifs is 1. The van der Waals surface area contributed by atoms with Gasteiger partial charge in [-0.2, -0.15) is 0 Å². The van der Waals surface area contributed by atoms with Crippen LogP contribution < -0.4 is 5.32 Å². The molecule has 2 aliphatic carbocycles. The first-order chi connectivity index (χ1) is 19.5. The minimum atomic E-state index is -0.0851. The van der Waals surface area contributed by atoms with Gasteiger partial charge in [0.1, 0.15) is 6.10 Å². The van der Waals surface area contributed by atoms with E-state index in [1.54, 1.807) is 0 Å². The molecule has 2 amide bonds. The van der Waals surface area contributed by atoms with Crippen LogP contribution >= 0.6 is 11.6 Å². The minimum Gasteiger partial charge on any atom is -0.482 e. The van der Waals surface area contributed by atoms with Gasteiger partial charge in [0.2, 0.25) is 0 Å². The van der Waals surface area contributed by atoms with Gasteiger partial charge in [-0.15, -0.1) is 0 Å². The molecule has 1 saturated heterocycles. The molecule has 6 nitrogen and oxygen atoms in total. The molecule has 0 bridgehead atoms. The van der Waals surface area contributed by atoms with Crippen LogP contribution in [0.15, 0.2) is 54.3 Å². The van der Waals surface area contributed by atoms with Crippen molar-refractivity contribution in [3.05, 3.63) is 76.0 Å². The van der Waals surface area contributed by atoms with Crippen LogP contribution in [0.5, 0.6) is 0 Å². The third-order valence-electron chi connectivity index (χ3n) is 8.73. The van der Waals surface area contributed by atoms with Crippen LogP contribution in [-0.2, 0) is 16.1 Å². The van der Waals surface area contributed by atoms with Gasteiger partial charge in [-0.25, -0.2) is 0 Å². The number of hydrogen-bond donors (Lipinski definition) is 1. The van der Waals surface area contributed by atoms with Crippen LogP contribution in [0, 0.1) is 0 Å². The summed E-state index contributed by atoms with van der Waals surface area (Å²) in [4.78, 5) is 30.7. The van der Waals surface area contributed by atoms with Gasteiger partial charge in [-0.05, 0) is 93.6 Å². The molecule has 40 heavy (non-hydrogen) atoms. The van der Waals surface area contributed by atoms with Crippen LogP contribution in [0.25, 0.3) is 6.08 Å². The molecule has 2 unspecified atom stereocenters. The number of amides is 2. The largest absolute Gasteiger partial charge is 0.482 e. The normalized spacial score (nSPS) is 22.7. The topological polar surface area (TPSA) is 61.9 Å². The van der Waals surface area contributed by atoms with Gasteiger partial charge >= 0.3 is 0 Å². The lowest BCUT2D eigenvalue weighted by atomic mass is 9.89. The van der Waals surface area contributed by atoms with Crippen molar-refractivity contribution in [2.75, 3.05) is 20.1 Å². The molecule has 1 aliphatic heterocycles. The summed E-state index contributed by atoms with van der Waals surface area (Å²) in [5.74, 6) is 0.221. The Morgan fingerprint density at radius 2 is 1.70 bits per heavy atom. The molecule has 5 rings (SSSR count). The predicted octanol–water partition coefficient (Wildman–Crippen LogP) is 6.44. The minimum absolute atomic E-state index is 0.00668. The molecule has 3 aliphatic rings. The van der Waals surface area contributed by atoms with Gasteiger partial charge in [0.15, 0.2) is 5.76 Å². The van der Waals surface area contributed by atoms with E-state index < -0.39 is 0 Å². The van der Waals surface area contributed by atoms with E-state index in [1.165, 1.54) is 32.1 Å². The average Bonchev–Trinajstić information content (AvgIpc) is 2.99. The van der Waals surface area contributed by atoms with Crippen molar-refractivity contribution in [1.82, 2.24) is 15.1 Å². The Hall–Kier alpha value is -2.83. The highest BCUT2D eigenvalue weighted by atomic mass is 35.5. The first-order valence-corrected chi connectivity index (χ1v) is 15.4. The molecule has 2 saturated carbocycles. The Morgan fingerprint density at radius 1 is 1.00 bits per heavy atom. The maximum Gasteiger partial charge on any atom is 0.289 e. The molecular formula is C33H42ClN3O3. The number of hydrogen-bond acceptors (Lipinski definition) is 4. The van der Waals surface area contributed by atoms with Crippen molar-refractivity contribution >= 4 is 29.5 Å². The average molecular weight is 564 g/mol. The monoisotopic (exact) mass is 563 g/mol. The fourth-order valence-corrected chi connectivity index (χ4v) is 6.49. The zero-order valence-electron chi connectivity index (χ0n) is 23.6. The van der Waals surface area contributed by atoms with E-state index in [2.05, 4.69) is 17.3 Å². The zero-order chi connectivity index (χ0) is 27.9. The second kappa shape index (κ2) is 13.7. The van der Waals surface area contributed by atoms with Crippen LogP contribution in [-0.4, -0.2) is 59.9 Å². The van der Waals surface area contributed by atoms with E-state index in [4.69, 9.17) is 16.3 Å². The molecule has 0 radical (unpaired) electrons. The molecule has 2 aromatic carbocycles.